The summed E-state index contributed by atoms with van der Waals surface area (Å²) in [7, 11) is 0. The molecule has 18 heavy (non-hydrogen) atoms. The maximum Gasteiger partial charge on any atom is 0.323 e. The molecular weight excluding hydrogens is 228 g/mol. The number of fused-ring (bicyclic) bond motifs is 1. The zero-order valence-electron chi connectivity index (χ0n) is 10.9. The van der Waals surface area contributed by atoms with Crippen LogP contribution in [0.2, 0.25) is 0 Å². The van der Waals surface area contributed by atoms with Gasteiger partial charge < -0.3 is 15.5 Å². The van der Waals surface area contributed by atoms with Crippen LogP contribution in [0, 0.1) is 0 Å². The fourth-order valence-electron chi connectivity index (χ4n) is 2.34. The number of nitrogens with two attached hydrogens (primary N) is 1. The van der Waals surface area contributed by atoms with Gasteiger partial charge in [-0.1, -0.05) is 19.1 Å². The Balaban J connectivity index is 2.19. The summed E-state index contributed by atoms with van der Waals surface area (Å²) < 4.78 is 4.97. The summed E-state index contributed by atoms with van der Waals surface area (Å²) in [4.78, 5) is 14.9. The minimum Gasteiger partial charge on any atom is -0.465 e. The maximum absolute atomic E-state index is 11.7. The van der Waals surface area contributed by atoms with E-state index in [0.29, 0.717) is 6.61 Å². The van der Waals surface area contributed by atoms with Crippen molar-refractivity contribution in [1.82, 2.24) is 4.98 Å². The lowest BCUT2D eigenvalue weighted by Gasteiger charge is -2.19. The van der Waals surface area contributed by atoms with Crippen molar-refractivity contribution in [2.24, 2.45) is 5.73 Å². The molecule has 4 nitrogen and oxygen atoms in total. The first-order valence-electron chi connectivity index (χ1n) is 6.44. The van der Waals surface area contributed by atoms with E-state index >= 15 is 0 Å². The highest BCUT2D eigenvalue weighted by Gasteiger charge is 2.26. The second kappa shape index (κ2) is 5.40. The van der Waals surface area contributed by atoms with Crippen LogP contribution in [0.5, 0.6) is 0 Å². The summed E-state index contributed by atoms with van der Waals surface area (Å²) in [5.74, 6) is -0.383. The predicted octanol–water partition coefficient (Wildman–Crippen LogP) is 1.97. The van der Waals surface area contributed by atoms with E-state index in [1.165, 1.54) is 11.3 Å². The average Bonchev–Trinajstić information content (AvgIpc) is 2.81. The highest BCUT2D eigenvalue weighted by molar-refractivity contribution is 5.77. The van der Waals surface area contributed by atoms with Crippen LogP contribution in [0.4, 0.5) is 0 Å². The first kappa shape index (κ1) is 12.9. The fraction of sp³-hybridized carbons (Fsp3) is 0.500. The molecular formula is C14H20N2O2. The monoisotopic (exact) mass is 248 g/mol. The Hall–Kier alpha value is -1.55. The largest absolute Gasteiger partial charge is 0.465 e. The van der Waals surface area contributed by atoms with Crippen LogP contribution >= 0.6 is 0 Å². The molecule has 0 aromatic carbocycles. The molecule has 1 aromatic heterocycles. The van der Waals surface area contributed by atoms with Crippen molar-refractivity contribution in [3.05, 3.63) is 29.1 Å². The summed E-state index contributed by atoms with van der Waals surface area (Å²) >= 11 is 0. The standard InChI is InChI=1S/C14H20N2O2/c1-3-18-14(17)13(15)9(2)11-8-16-12-7-5-4-6-10(11)12/h4,6,8-9,13,16H,3,5,7,15H2,1-2H3. The van der Waals surface area contributed by atoms with Crippen molar-refractivity contribution in [1.29, 1.82) is 0 Å². The van der Waals surface area contributed by atoms with Gasteiger partial charge >= 0.3 is 5.97 Å². The van der Waals surface area contributed by atoms with E-state index in [9.17, 15) is 4.79 Å². The molecule has 2 rings (SSSR count). The van der Waals surface area contributed by atoms with Crippen molar-refractivity contribution < 1.29 is 9.53 Å². The molecule has 0 amide bonds. The van der Waals surface area contributed by atoms with E-state index in [0.717, 1.165) is 18.4 Å². The van der Waals surface area contributed by atoms with Gasteiger partial charge in [0.2, 0.25) is 0 Å². The van der Waals surface area contributed by atoms with Gasteiger partial charge in [0.25, 0.3) is 0 Å². The number of hydrogen-bond acceptors (Lipinski definition) is 3. The van der Waals surface area contributed by atoms with Gasteiger partial charge in [0.15, 0.2) is 0 Å². The van der Waals surface area contributed by atoms with Gasteiger partial charge in [-0.25, -0.2) is 0 Å². The van der Waals surface area contributed by atoms with Crippen molar-refractivity contribution >= 4 is 12.0 Å². The van der Waals surface area contributed by atoms with Crippen molar-refractivity contribution in [2.75, 3.05) is 6.61 Å². The summed E-state index contributed by atoms with van der Waals surface area (Å²) in [6.45, 7) is 4.12. The predicted molar refractivity (Wildman–Crippen MR) is 71.2 cm³/mol. The summed E-state index contributed by atoms with van der Waals surface area (Å²) in [6, 6.07) is -0.611. The van der Waals surface area contributed by atoms with Crippen LogP contribution < -0.4 is 5.73 Å². The molecule has 0 saturated heterocycles. The Morgan fingerprint density at radius 1 is 1.61 bits per heavy atom. The molecule has 2 atom stereocenters. The number of rotatable bonds is 4. The molecule has 0 spiro atoms. The van der Waals surface area contributed by atoms with Gasteiger partial charge in [0.1, 0.15) is 6.04 Å². The van der Waals surface area contributed by atoms with E-state index in [2.05, 4.69) is 17.1 Å². The zero-order valence-corrected chi connectivity index (χ0v) is 10.9. The SMILES string of the molecule is CCOC(=O)C(N)C(C)c1c[nH]c2c1C=CCC2. The fourth-order valence-corrected chi connectivity index (χ4v) is 2.34. The summed E-state index contributed by atoms with van der Waals surface area (Å²) in [6.07, 6.45) is 8.31. The van der Waals surface area contributed by atoms with Crippen LogP contribution in [-0.2, 0) is 16.0 Å². The lowest BCUT2D eigenvalue weighted by Crippen LogP contribution is -2.37. The molecule has 98 valence electrons. The molecule has 4 heteroatoms. The number of carbonyl (C=O) groups is 1. The Labute approximate surface area is 107 Å². The third-order valence-corrected chi connectivity index (χ3v) is 3.47. The molecule has 0 saturated carbocycles. The van der Waals surface area contributed by atoms with E-state index in [4.69, 9.17) is 10.5 Å². The molecule has 1 aliphatic rings. The number of ether oxygens (including phenoxy) is 1. The molecule has 0 radical (unpaired) electrons. The first-order chi connectivity index (χ1) is 8.65. The number of allylic oxidation sites excluding steroid dienone is 1. The number of esters is 1. The van der Waals surface area contributed by atoms with E-state index in [-0.39, 0.29) is 11.9 Å². The zero-order chi connectivity index (χ0) is 13.1. The average molecular weight is 248 g/mol. The van der Waals surface area contributed by atoms with Crippen LogP contribution in [0.1, 0.15) is 43.0 Å². The van der Waals surface area contributed by atoms with E-state index < -0.39 is 6.04 Å². The normalized spacial score (nSPS) is 17.1. The number of aromatic nitrogens is 1. The van der Waals surface area contributed by atoms with Gasteiger partial charge in [0.05, 0.1) is 6.61 Å². The summed E-state index contributed by atoms with van der Waals surface area (Å²) in [5, 5.41) is 0. The van der Waals surface area contributed by atoms with Crippen molar-refractivity contribution in [3.8, 4) is 0 Å². The minimum absolute atomic E-state index is 0.0493. The number of hydrogen-bond donors (Lipinski definition) is 2. The van der Waals surface area contributed by atoms with Crippen LogP contribution in [0.3, 0.4) is 0 Å². The van der Waals surface area contributed by atoms with Gasteiger partial charge in [-0.15, -0.1) is 0 Å². The minimum atomic E-state index is -0.611. The summed E-state index contributed by atoms with van der Waals surface area (Å²) in [5.41, 5.74) is 9.48. The van der Waals surface area contributed by atoms with Gasteiger partial charge in [-0.3, -0.25) is 4.79 Å². The Morgan fingerprint density at radius 3 is 3.11 bits per heavy atom. The Bertz CT molecular complexity index is 462. The van der Waals surface area contributed by atoms with Crippen LogP contribution in [0.15, 0.2) is 12.3 Å². The van der Waals surface area contributed by atoms with Crippen LogP contribution in [0.25, 0.3) is 6.08 Å². The number of aromatic amines is 1. The second-order valence-electron chi connectivity index (χ2n) is 4.64. The third kappa shape index (κ3) is 2.34. The number of carbonyl (C=O) groups excluding carboxylic acids is 1. The molecule has 0 fully saturated rings. The van der Waals surface area contributed by atoms with Gasteiger partial charge in [-0.2, -0.15) is 0 Å². The topological polar surface area (TPSA) is 68.1 Å². The van der Waals surface area contributed by atoms with Crippen molar-refractivity contribution in [2.45, 2.75) is 38.6 Å². The molecule has 2 unspecified atom stereocenters. The van der Waals surface area contributed by atoms with E-state index in [1.807, 2.05) is 13.1 Å². The lowest BCUT2D eigenvalue weighted by molar-refractivity contribution is -0.145. The third-order valence-electron chi connectivity index (χ3n) is 3.47. The molecule has 0 bridgehead atoms. The van der Waals surface area contributed by atoms with Gasteiger partial charge in [-0.05, 0) is 30.9 Å². The molecule has 1 aliphatic carbocycles. The Kier molecular flexibility index (Phi) is 3.87. The maximum atomic E-state index is 11.7. The van der Waals surface area contributed by atoms with Gasteiger partial charge in [0, 0.05) is 17.8 Å². The first-order valence-corrected chi connectivity index (χ1v) is 6.44. The number of nitrogens with one attached hydrogen (secondary N) is 1. The quantitative estimate of drug-likeness (QED) is 0.800. The molecule has 3 N–H and O–H groups in total. The lowest BCUT2D eigenvalue weighted by atomic mass is 9.90. The number of H-pyrrole nitrogens is 1. The van der Waals surface area contributed by atoms with Crippen molar-refractivity contribution in [3.63, 3.8) is 0 Å². The van der Waals surface area contributed by atoms with Crippen LogP contribution in [-0.4, -0.2) is 23.6 Å². The smallest absolute Gasteiger partial charge is 0.323 e. The molecule has 1 heterocycles. The highest BCUT2D eigenvalue weighted by atomic mass is 16.5. The molecule has 0 aliphatic heterocycles. The molecule has 1 aromatic rings. The number of aryl methyl sites for hydroxylation is 1. The van der Waals surface area contributed by atoms with E-state index in [1.54, 1.807) is 6.92 Å². The Morgan fingerprint density at radius 2 is 2.39 bits per heavy atom. The highest BCUT2D eigenvalue weighted by Crippen LogP contribution is 2.29. The second-order valence-corrected chi connectivity index (χ2v) is 4.64.